The highest BCUT2D eigenvalue weighted by Gasteiger charge is 2.42. The molecular weight excluding hydrogens is 322 g/mol. The van der Waals surface area contributed by atoms with Crippen LogP contribution in [-0.4, -0.2) is 65.5 Å². The molecule has 0 aromatic rings. The van der Waals surface area contributed by atoms with Gasteiger partial charge in [0.15, 0.2) is 0 Å². The number of fused-ring (bicyclic) bond motifs is 1. The minimum atomic E-state index is -0.525. The molecule has 2 heterocycles. The number of carbonyl (C=O) groups is 3. The van der Waals surface area contributed by atoms with E-state index >= 15 is 0 Å². The van der Waals surface area contributed by atoms with E-state index in [0.717, 1.165) is 19.3 Å². The summed E-state index contributed by atoms with van der Waals surface area (Å²) >= 11 is 0. The molecule has 2 atom stereocenters. The fourth-order valence-electron chi connectivity index (χ4n) is 3.52. The molecule has 0 bridgehead atoms. The largest absolute Gasteiger partial charge is 0.444 e. The molecule has 7 heteroatoms. The van der Waals surface area contributed by atoms with Gasteiger partial charge in [-0.1, -0.05) is 6.92 Å². The van der Waals surface area contributed by atoms with Crippen molar-refractivity contribution in [1.29, 1.82) is 0 Å². The van der Waals surface area contributed by atoms with E-state index in [2.05, 4.69) is 5.32 Å². The maximum atomic E-state index is 12.4. The fraction of sp³-hybridized carbons (Fsp3) is 0.833. The minimum absolute atomic E-state index is 0.0129. The van der Waals surface area contributed by atoms with Crippen LogP contribution in [0.3, 0.4) is 0 Å². The van der Waals surface area contributed by atoms with Crippen LogP contribution in [-0.2, 0) is 14.3 Å². The van der Waals surface area contributed by atoms with Gasteiger partial charge in [-0.3, -0.25) is 9.59 Å². The van der Waals surface area contributed by atoms with E-state index in [-0.39, 0.29) is 30.5 Å². The number of piperidine rings is 1. The predicted molar refractivity (Wildman–Crippen MR) is 93.9 cm³/mol. The number of amides is 3. The van der Waals surface area contributed by atoms with Gasteiger partial charge in [0, 0.05) is 26.1 Å². The van der Waals surface area contributed by atoms with E-state index < -0.39 is 5.60 Å². The Labute approximate surface area is 150 Å². The number of carbonyl (C=O) groups excluding carboxylic acids is 3. The normalized spacial score (nSPS) is 23.2. The van der Waals surface area contributed by atoms with Crippen molar-refractivity contribution in [3.05, 3.63) is 0 Å². The first-order valence-electron chi connectivity index (χ1n) is 9.25. The van der Waals surface area contributed by atoms with Crippen molar-refractivity contribution in [3.8, 4) is 0 Å². The van der Waals surface area contributed by atoms with Gasteiger partial charge in [-0.25, -0.2) is 4.79 Å². The molecule has 2 rings (SSSR count). The number of hydrogen-bond donors (Lipinski definition) is 1. The van der Waals surface area contributed by atoms with Crippen LogP contribution in [0.5, 0.6) is 0 Å². The molecule has 2 fully saturated rings. The van der Waals surface area contributed by atoms with Crippen LogP contribution in [0.15, 0.2) is 0 Å². The molecule has 0 aromatic carbocycles. The summed E-state index contributed by atoms with van der Waals surface area (Å²) in [6, 6.07) is 0.0129. The summed E-state index contributed by atoms with van der Waals surface area (Å²) < 4.78 is 5.50. The molecule has 0 unspecified atom stereocenters. The number of nitrogens with zero attached hydrogens (tertiary/aromatic N) is 2. The van der Waals surface area contributed by atoms with Crippen molar-refractivity contribution in [1.82, 2.24) is 15.1 Å². The van der Waals surface area contributed by atoms with Gasteiger partial charge in [0.2, 0.25) is 11.8 Å². The van der Waals surface area contributed by atoms with E-state index in [4.69, 9.17) is 4.74 Å². The van der Waals surface area contributed by atoms with Gasteiger partial charge >= 0.3 is 6.09 Å². The smallest absolute Gasteiger partial charge is 0.410 e. The monoisotopic (exact) mass is 353 g/mol. The molecule has 7 nitrogen and oxygen atoms in total. The molecule has 0 aliphatic carbocycles. The summed E-state index contributed by atoms with van der Waals surface area (Å²) in [5, 5.41) is 2.67. The van der Waals surface area contributed by atoms with Gasteiger partial charge in [-0.2, -0.15) is 0 Å². The van der Waals surface area contributed by atoms with Crippen LogP contribution >= 0.6 is 0 Å². The lowest BCUT2D eigenvalue weighted by Crippen LogP contribution is -2.53. The molecule has 1 N–H and O–H groups in total. The van der Waals surface area contributed by atoms with Gasteiger partial charge in [-0.05, 0) is 46.0 Å². The highest BCUT2D eigenvalue weighted by atomic mass is 16.6. The van der Waals surface area contributed by atoms with E-state index in [1.165, 1.54) is 0 Å². The summed E-state index contributed by atoms with van der Waals surface area (Å²) in [7, 11) is 0. The molecule has 0 radical (unpaired) electrons. The summed E-state index contributed by atoms with van der Waals surface area (Å²) in [5.41, 5.74) is -0.525. The summed E-state index contributed by atoms with van der Waals surface area (Å²) in [6.07, 6.45) is 2.74. The zero-order valence-electron chi connectivity index (χ0n) is 15.8. The molecule has 2 aliphatic rings. The van der Waals surface area contributed by atoms with Crippen molar-refractivity contribution in [3.63, 3.8) is 0 Å². The molecule has 2 aliphatic heterocycles. The first-order chi connectivity index (χ1) is 11.7. The molecule has 0 spiro atoms. The van der Waals surface area contributed by atoms with Gasteiger partial charge in [0.1, 0.15) is 5.60 Å². The number of likely N-dealkylation sites (tertiary alicyclic amines) is 2. The summed E-state index contributed by atoms with van der Waals surface area (Å²) in [4.78, 5) is 39.9. The Bertz CT molecular complexity index is 515. The zero-order valence-corrected chi connectivity index (χ0v) is 15.8. The Kier molecular flexibility index (Phi) is 6.30. The van der Waals surface area contributed by atoms with Gasteiger partial charge in [0.05, 0.1) is 12.6 Å². The van der Waals surface area contributed by atoms with Crippen LogP contribution in [0.1, 0.15) is 53.4 Å². The quantitative estimate of drug-likeness (QED) is 0.835. The maximum absolute atomic E-state index is 12.4. The van der Waals surface area contributed by atoms with Crippen LogP contribution in [0.25, 0.3) is 0 Å². The van der Waals surface area contributed by atoms with E-state index in [9.17, 15) is 14.4 Å². The predicted octanol–water partition coefficient (Wildman–Crippen LogP) is 1.76. The van der Waals surface area contributed by atoms with Crippen molar-refractivity contribution >= 4 is 17.9 Å². The van der Waals surface area contributed by atoms with Gasteiger partial charge < -0.3 is 19.9 Å². The van der Waals surface area contributed by atoms with Crippen molar-refractivity contribution in [2.24, 2.45) is 5.92 Å². The Morgan fingerprint density at radius 3 is 2.48 bits per heavy atom. The Morgan fingerprint density at radius 1 is 1.16 bits per heavy atom. The number of ether oxygens (including phenoxy) is 1. The lowest BCUT2D eigenvalue weighted by atomic mass is 9.92. The highest BCUT2D eigenvalue weighted by Crippen LogP contribution is 2.32. The lowest BCUT2D eigenvalue weighted by molar-refractivity contribution is -0.134. The molecule has 0 saturated carbocycles. The van der Waals surface area contributed by atoms with Crippen LogP contribution in [0.2, 0.25) is 0 Å². The third kappa shape index (κ3) is 5.34. The van der Waals surface area contributed by atoms with Crippen LogP contribution in [0.4, 0.5) is 4.79 Å². The molecular formula is C18H31N3O4. The first kappa shape index (κ1) is 19.5. The second-order valence-electron chi connectivity index (χ2n) is 7.94. The standard InChI is InChI=1S/C18H31N3O4/c1-5-6-15(22)19-11-16(23)20-9-7-13-8-10-21(14(13)12-20)17(24)25-18(2,3)4/h13-14H,5-12H2,1-4H3,(H,19,22)/t13-,14+/m0/s1. The van der Waals surface area contributed by atoms with Crippen LogP contribution in [0, 0.1) is 5.92 Å². The van der Waals surface area contributed by atoms with E-state index in [0.29, 0.717) is 32.0 Å². The Hall–Kier alpha value is -1.79. The molecule has 2 saturated heterocycles. The second kappa shape index (κ2) is 8.06. The summed E-state index contributed by atoms with van der Waals surface area (Å²) in [6.45, 7) is 9.41. The van der Waals surface area contributed by atoms with Crippen LogP contribution < -0.4 is 5.32 Å². The van der Waals surface area contributed by atoms with Crippen molar-refractivity contribution < 1.29 is 19.1 Å². The molecule has 3 amide bonds. The molecule has 142 valence electrons. The topological polar surface area (TPSA) is 79.0 Å². The Balaban J connectivity index is 1.91. The van der Waals surface area contributed by atoms with Gasteiger partial charge in [-0.15, -0.1) is 0 Å². The van der Waals surface area contributed by atoms with Crippen molar-refractivity contribution in [2.45, 2.75) is 65.0 Å². The maximum Gasteiger partial charge on any atom is 0.410 e. The average Bonchev–Trinajstić information content (AvgIpc) is 2.94. The van der Waals surface area contributed by atoms with Crippen molar-refractivity contribution in [2.75, 3.05) is 26.2 Å². The van der Waals surface area contributed by atoms with Gasteiger partial charge in [0.25, 0.3) is 0 Å². The molecule has 25 heavy (non-hydrogen) atoms. The third-order valence-electron chi connectivity index (χ3n) is 4.76. The Morgan fingerprint density at radius 2 is 1.84 bits per heavy atom. The highest BCUT2D eigenvalue weighted by molar-refractivity contribution is 5.84. The summed E-state index contributed by atoms with van der Waals surface area (Å²) in [5.74, 6) is 0.243. The first-order valence-corrected chi connectivity index (χ1v) is 9.25. The zero-order chi connectivity index (χ0) is 18.6. The molecule has 0 aromatic heterocycles. The number of rotatable bonds is 4. The van der Waals surface area contributed by atoms with E-state index in [1.54, 1.807) is 9.80 Å². The number of hydrogen-bond acceptors (Lipinski definition) is 4. The average molecular weight is 353 g/mol. The fourth-order valence-corrected chi connectivity index (χ4v) is 3.52. The lowest BCUT2D eigenvalue weighted by Gasteiger charge is -2.38. The minimum Gasteiger partial charge on any atom is -0.444 e. The second-order valence-corrected chi connectivity index (χ2v) is 7.94. The van der Waals surface area contributed by atoms with E-state index in [1.807, 2.05) is 27.7 Å². The SMILES string of the molecule is CCCC(=O)NCC(=O)N1CC[C@H]2CCN(C(=O)OC(C)(C)C)[C@@H]2C1. The number of nitrogens with one attached hydrogen (secondary N) is 1. The third-order valence-corrected chi connectivity index (χ3v) is 4.76.